The van der Waals surface area contributed by atoms with Crippen LogP contribution < -0.4 is 5.32 Å². The van der Waals surface area contributed by atoms with E-state index in [1.807, 2.05) is 6.92 Å². The van der Waals surface area contributed by atoms with Crippen molar-refractivity contribution in [3.05, 3.63) is 32.1 Å². The van der Waals surface area contributed by atoms with Gasteiger partial charge in [0, 0.05) is 13.1 Å². The molecule has 0 radical (unpaired) electrons. The zero-order chi connectivity index (χ0) is 15.6. The molecule has 2 rings (SSSR count). The lowest BCUT2D eigenvalue weighted by atomic mass is 10.3. The molecule has 0 saturated carbocycles. The van der Waals surface area contributed by atoms with Gasteiger partial charge in [0.2, 0.25) is 5.91 Å². The van der Waals surface area contributed by atoms with Gasteiger partial charge in [-0.05, 0) is 41.4 Å². The molecule has 0 unspecified atom stereocenters. The first-order chi connectivity index (χ1) is 9.86. The van der Waals surface area contributed by atoms with Crippen LogP contribution in [-0.4, -0.2) is 35.5 Å². The number of likely N-dealkylation sites (N-methyl/N-ethyl adjacent to an activating group) is 1. The summed E-state index contributed by atoms with van der Waals surface area (Å²) in [4.78, 5) is 26.0. The molecule has 2 heterocycles. The van der Waals surface area contributed by atoms with Gasteiger partial charge in [0.15, 0.2) is 5.82 Å². The van der Waals surface area contributed by atoms with Gasteiger partial charge in [0.1, 0.15) is 5.76 Å². The molecule has 21 heavy (non-hydrogen) atoms. The highest BCUT2D eigenvalue weighted by Crippen LogP contribution is 2.28. The third kappa shape index (κ3) is 3.92. The van der Waals surface area contributed by atoms with Crippen molar-refractivity contribution in [2.45, 2.75) is 13.8 Å². The maximum atomic E-state index is 12.2. The fourth-order valence-corrected chi connectivity index (χ4v) is 3.18. The van der Waals surface area contributed by atoms with E-state index in [1.54, 1.807) is 26.1 Å². The van der Waals surface area contributed by atoms with Crippen LogP contribution in [0.3, 0.4) is 0 Å². The van der Waals surface area contributed by atoms with Crippen molar-refractivity contribution < 1.29 is 14.1 Å². The number of halogens is 1. The van der Waals surface area contributed by atoms with Gasteiger partial charge in [-0.15, -0.1) is 11.3 Å². The number of aromatic nitrogens is 1. The number of amides is 2. The minimum absolute atomic E-state index is 0.0562. The second kappa shape index (κ2) is 6.40. The first-order valence-corrected chi connectivity index (χ1v) is 7.72. The summed E-state index contributed by atoms with van der Waals surface area (Å²) in [6.45, 7) is 3.59. The summed E-state index contributed by atoms with van der Waals surface area (Å²) in [6.07, 6.45) is 0. The monoisotopic (exact) mass is 371 g/mol. The molecule has 0 aliphatic carbocycles. The van der Waals surface area contributed by atoms with Gasteiger partial charge in [-0.2, -0.15) is 0 Å². The molecule has 8 heteroatoms. The summed E-state index contributed by atoms with van der Waals surface area (Å²) >= 11 is 4.73. The Balaban J connectivity index is 1.95. The van der Waals surface area contributed by atoms with E-state index in [-0.39, 0.29) is 18.4 Å². The van der Waals surface area contributed by atoms with Crippen molar-refractivity contribution in [1.29, 1.82) is 0 Å². The lowest BCUT2D eigenvalue weighted by Crippen LogP contribution is -2.34. The average Bonchev–Trinajstić information content (AvgIpc) is 2.95. The Hall–Kier alpha value is -1.67. The van der Waals surface area contributed by atoms with Crippen LogP contribution in [0, 0.1) is 13.8 Å². The number of thiophene rings is 1. The number of hydrogen-bond donors (Lipinski definition) is 1. The van der Waals surface area contributed by atoms with E-state index in [0.29, 0.717) is 16.5 Å². The minimum atomic E-state index is -0.327. The molecule has 0 bridgehead atoms. The summed E-state index contributed by atoms with van der Waals surface area (Å²) in [5.74, 6) is 0.425. The number of aryl methyl sites for hydroxylation is 2. The van der Waals surface area contributed by atoms with Crippen LogP contribution in [0.15, 0.2) is 20.4 Å². The molecule has 0 fully saturated rings. The minimum Gasteiger partial charge on any atom is -0.360 e. The van der Waals surface area contributed by atoms with E-state index < -0.39 is 0 Å². The SMILES string of the molecule is Cc1cc(NC(=O)CN(C)C(=O)c2cc(C)c(Br)s2)no1. The number of carbonyl (C=O) groups excluding carboxylic acids is 2. The molecule has 2 amide bonds. The molecule has 2 aromatic rings. The van der Waals surface area contributed by atoms with Gasteiger partial charge in [-0.25, -0.2) is 0 Å². The number of anilines is 1. The van der Waals surface area contributed by atoms with Gasteiger partial charge >= 0.3 is 0 Å². The van der Waals surface area contributed by atoms with E-state index >= 15 is 0 Å². The molecule has 1 N–H and O–H groups in total. The number of rotatable bonds is 4. The van der Waals surface area contributed by atoms with E-state index in [4.69, 9.17) is 4.52 Å². The molecule has 0 aliphatic rings. The first kappa shape index (κ1) is 15.7. The van der Waals surface area contributed by atoms with E-state index in [2.05, 4.69) is 26.4 Å². The number of nitrogens with one attached hydrogen (secondary N) is 1. The van der Waals surface area contributed by atoms with Crippen LogP contribution in [0.4, 0.5) is 5.82 Å². The Morgan fingerprint density at radius 3 is 2.67 bits per heavy atom. The number of carbonyl (C=O) groups is 2. The van der Waals surface area contributed by atoms with Crippen LogP contribution in [0.25, 0.3) is 0 Å². The summed E-state index contributed by atoms with van der Waals surface area (Å²) < 4.78 is 5.77. The molecular weight excluding hydrogens is 358 g/mol. The molecule has 0 spiro atoms. The van der Waals surface area contributed by atoms with Crippen molar-refractivity contribution in [3.8, 4) is 0 Å². The van der Waals surface area contributed by atoms with Crippen molar-refractivity contribution in [3.63, 3.8) is 0 Å². The Morgan fingerprint density at radius 2 is 2.14 bits per heavy atom. The molecular formula is C13H14BrN3O3S. The van der Waals surface area contributed by atoms with Crippen LogP contribution in [0.2, 0.25) is 0 Å². The van der Waals surface area contributed by atoms with Crippen molar-refractivity contribution in [2.24, 2.45) is 0 Å². The quantitative estimate of drug-likeness (QED) is 0.896. The highest BCUT2D eigenvalue weighted by molar-refractivity contribution is 9.11. The third-order valence-corrected chi connectivity index (χ3v) is 4.82. The highest BCUT2D eigenvalue weighted by Gasteiger charge is 2.18. The predicted molar refractivity (Wildman–Crippen MR) is 83.6 cm³/mol. The van der Waals surface area contributed by atoms with Crippen LogP contribution in [-0.2, 0) is 4.79 Å². The summed E-state index contributed by atoms with van der Waals surface area (Å²) in [5.41, 5.74) is 0.999. The van der Waals surface area contributed by atoms with Gasteiger partial charge in [-0.1, -0.05) is 5.16 Å². The van der Waals surface area contributed by atoms with Crippen LogP contribution in [0.5, 0.6) is 0 Å². The summed E-state index contributed by atoms with van der Waals surface area (Å²) in [7, 11) is 1.58. The van der Waals surface area contributed by atoms with Crippen molar-refractivity contribution in [1.82, 2.24) is 10.1 Å². The maximum Gasteiger partial charge on any atom is 0.264 e. The lowest BCUT2D eigenvalue weighted by molar-refractivity contribution is -0.116. The van der Waals surface area contributed by atoms with Crippen LogP contribution >= 0.6 is 27.3 Å². The normalized spacial score (nSPS) is 10.5. The number of hydrogen-bond acceptors (Lipinski definition) is 5. The summed E-state index contributed by atoms with van der Waals surface area (Å²) in [6, 6.07) is 3.41. The van der Waals surface area contributed by atoms with Gasteiger partial charge in [0.05, 0.1) is 15.2 Å². The molecule has 0 aromatic carbocycles. The Morgan fingerprint density at radius 1 is 1.43 bits per heavy atom. The van der Waals surface area contributed by atoms with E-state index in [9.17, 15) is 9.59 Å². The largest absolute Gasteiger partial charge is 0.360 e. The number of nitrogens with zero attached hydrogens (tertiary/aromatic N) is 2. The lowest BCUT2D eigenvalue weighted by Gasteiger charge is -2.15. The Kier molecular flexibility index (Phi) is 4.79. The van der Waals surface area contributed by atoms with Crippen molar-refractivity contribution >= 4 is 44.9 Å². The highest BCUT2D eigenvalue weighted by atomic mass is 79.9. The fraction of sp³-hybridized carbons (Fsp3) is 0.308. The zero-order valence-electron chi connectivity index (χ0n) is 11.8. The molecule has 0 aliphatic heterocycles. The van der Waals surface area contributed by atoms with Gasteiger partial charge in [0.25, 0.3) is 5.91 Å². The van der Waals surface area contributed by atoms with Crippen LogP contribution in [0.1, 0.15) is 21.0 Å². The molecule has 0 atom stereocenters. The van der Waals surface area contributed by atoms with Gasteiger partial charge < -0.3 is 14.7 Å². The summed E-state index contributed by atoms with van der Waals surface area (Å²) in [5, 5.41) is 6.24. The molecule has 112 valence electrons. The van der Waals surface area contributed by atoms with E-state index in [0.717, 1.165) is 9.35 Å². The smallest absolute Gasteiger partial charge is 0.264 e. The Labute approximate surface area is 134 Å². The average molecular weight is 372 g/mol. The maximum absolute atomic E-state index is 12.2. The van der Waals surface area contributed by atoms with Gasteiger partial charge in [-0.3, -0.25) is 9.59 Å². The fourth-order valence-electron chi connectivity index (χ4n) is 1.65. The standard InChI is InChI=1S/C13H14BrN3O3S/c1-7-4-9(21-12(7)14)13(19)17(3)6-11(18)15-10-5-8(2)20-16-10/h4-5H,6H2,1-3H3,(H,15,16,18). The second-order valence-electron chi connectivity index (χ2n) is 4.60. The first-order valence-electron chi connectivity index (χ1n) is 6.11. The van der Waals surface area contributed by atoms with E-state index in [1.165, 1.54) is 16.2 Å². The zero-order valence-corrected chi connectivity index (χ0v) is 14.2. The second-order valence-corrected chi connectivity index (χ2v) is 6.97. The Bertz CT molecular complexity index is 661. The van der Waals surface area contributed by atoms with Crippen molar-refractivity contribution in [2.75, 3.05) is 18.9 Å². The molecule has 6 nitrogen and oxygen atoms in total. The third-order valence-electron chi connectivity index (χ3n) is 2.69. The molecule has 2 aromatic heterocycles. The predicted octanol–water partition coefficient (Wildman–Crippen LogP) is 2.83. The molecule has 0 saturated heterocycles. The topological polar surface area (TPSA) is 75.4 Å².